The number of hydrogen-bond donors (Lipinski definition) is 1. The summed E-state index contributed by atoms with van der Waals surface area (Å²) in [5.74, 6) is 0.566. The van der Waals surface area contributed by atoms with Gasteiger partial charge in [-0.2, -0.15) is 0 Å². The first-order chi connectivity index (χ1) is 10.5. The van der Waals surface area contributed by atoms with Crippen LogP contribution >= 0.6 is 0 Å². The Morgan fingerprint density at radius 1 is 1.05 bits per heavy atom. The molecule has 1 aliphatic heterocycles. The number of nitrogens with one attached hydrogen (secondary N) is 1. The van der Waals surface area contributed by atoms with Crippen molar-refractivity contribution in [3.05, 3.63) is 11.6 Å². The van der Waals surface area contributed by atoms with Crippen molar-refractivity contribution < 1.29 is 14.4 Å². The van der Waals surface area contributed by atoms with E-state index in [-0.39, 0.29) is 29.8 Å². The number of carbonyl (C=O) groups excluding carboxylic acids is 3. The molecule has 3 fully saturated rings. The fourth-order valence-electron chi connectivity index (χ4n) is 3.59. The van der Waals surface area contributed by atoms with Crippen molar-refractivity contribution in [1.82, 2.24) is 10.2 Å². The SMILES string of the molecule is CC(=CC(=O)NC1CCC(N2C(=O)CCC2=O)CC1)C1CC1. The van der Waals surface area contributed by atoms with E-state index in [1.807, 2.05) is 6.92 Å². The molecular weight excluding hydrogens is 280 g/mol. The average molecular weight is 304 g/mol. The third kappa shape index (κ3) is 3.39. The Morgan fingerprint density at radius 3 is 2.18 bits per heavy atom. The molecule has 0 aromatic carbocycles. The normalized spacial score (nSPS) is 29.9. The van der Waals surface area contributed by atoms with Gasteiger partial charge in [0.25, 0.3) is 0 Å². The summed E-state index contributed by atoms with van der Waals surface area (Å²) in [6.45, 7) is 2.03. The zero-order valence-corrected chi connectivity index (χ0v) is 13.1. The van der Waals surface area contributed by atoms with E-state index in [0.717, 1.165) is 25.7 Å². The van der Waals surface area contributed by atoms with E-state index >= 15 is 0 Å². The minimum absolute atomic E-state index is 0.00109. The van der Waals surface area contributed by atoms with E-state index in [2.05, 4.69) is 5.32 Å². The van der Waals surface area contributed by atoms with Crippen LogP contribution in [0.4, 0.5) is 0 Å². The minimum Gasteiger partial charge on any atom is -0.350 e. The lowest BCUT2D eigenvalue weighted by atomic mass is 9.90. The second-order valence-electron chi connectivity index (χ2n) is 6.83. The zero-order chi connectivity index (χ0) is 15.7. The lowest BCUT2D eigenvalue weighted by molar-refractivity contribution is -0.142. The molecule has 0 aromatic rings. The molecule has 5 heteroatoms. The van der Waals surface area contributed by atoms with Crippen LogP contribution in [-0.4, -0.2) is 34.7 Å². The Kier molecular flexibility index (Phi) is 4.32. The summed E-state index contributed by atoms with van der Waals surface area (Å²) >= 11 is 0. The van der Waals surface area contributed by atoms with E-state index in [0.29, 0.717) is 18.8 Å². The first kappa shape index (κ1) is 15.3. The molecule has 1 heterocycles. The predicted octanol–water partition coefficient (Wildman–Crippen LogP) is 1.92. The summed E-state index contributed by atoms with van der Waals surface area (Å²) in [7, 11) is 0. The highest BCUT2D eigenvalue weighted by atomic mass is 16.2. The molecule has 3 rings (SSSR count). The van der Waals surface area contributed by atoms with Gasteiger partial charge in [-0.25, -0.2) is 0 Å². The van der Waals surface area contributed by atoms with Crippen molar-refractivity contribution in [1.29, 1.82) is 0 Å². The molecule has 0 atom stereocenters. The van der Waals surface area contributed by atoms with Crippen LogP contribution in [0.1, 0.15) is 58.3 Å². The maximum Gasteiger partial charge on any atom is 0.244 e. The fraction of sp³-hybridized carbons (Fsp3) is 0.706. The first-order valence-corrected chi connectivity index (χ1v) is 8.38. The van der Waals surface area contributed by atoms with Gasteiger partial charge in [0, 0.05) is 31.0 Å². The summed E-state index contributed by atoms with van der Waals surface area (Å²) in [6, 6.07) is 0.208. The Bertz CT molecular complexity index is 498. The number of nitrogens with zero attached hydrogens (tertiary/aromatic N) is 1. The molecule has 5 nitrogen and oxygen atoms in total. The zero-order valence-electron chi connectivity index (χ0n) is 13.1. The lowest BCUT2D eigenvalue weighted by Gasteiger charge is -2.33. The molecular formula is C17H24N2O3. The van der Waals surface area contributed by atoms with E-state index < -0.39 is 0 Å². The quantitative estimate of drug-likeness (QED) is 0.637. The van der Waals surface area contributed by atoms with E-state index in [9.17, 15) is 14.4 Å². The number of amides is 3. The molecule has 3 aliphatic rings. The molecule has 0 radical (unpaired) electrons. The molecule has 22 heavy (non-hydrogen) atoms. The lowest BCUT2D eigenvalue weighted by Crippen LogP contribution is -2.45. The molecule has 0 unspecified atom stereocenters. The molecule has 3 amide bonds. The second kappa shape index (κ2) is 6.23. The van der Waals surface area contributed by atoms with Crippen molar-refractivity contribution in [3.8, 4) is 0 Å². The maximum atomic E-state index is 12.0. The van der Waals surface area contributed by atoms with Crippen LogP contribution in [0, 0.1) is 5.92 Å². The molecule has 2 aliphatic carbocycles. The van der Waals surface area contributed by atoms with Crippen LogP contribution in [0.15, 0.2) is 11.6 Å². The standard InChI is InChI=1S/C17H24N2O3/c1-11(12-2-3-12)10-15(20)18-13-4-6-14(7-5-13)19-16(21)8-9-17(19)22/h10,12-14H,2-9H2,1H3,(H,18,20). The van der Waals surface area contributed by atoms with Crippen molar-refractivity contribution in [2.24, 2.45) is 5.92 Å². The van der Waals surface area contributed by atoms with Crippen LogP contribution in [0.2, 0.25) is 0 Å². The van der Waals surface area contributed by atoms with Gasteiger partial charge >= 0.3 is 0 Å². The smallest absolute Gasteiger partial charge is 0.244 e. The number of hydrogen-bond acceptors (Lipinski definition) is 3. The topological polar surface area (TPSA) is 66.5 Å². The first-order valence-electron chi connectivity index (χ1n) is 8.38. The molecule has 120 valence electrons. The summed E-state index contributed by atoms with van der Waals surface area (Å²) < 4.78 is 0. The Balaban J connectivity index is 1.47. The van der Waals surface area contributed by atoms with Gasteiger partial charge in [-0.05, 0) is 51.4 Å². The third-order valence-electron chi connectivity index (χ3n) is 5.08. The van der Waals surface area contributed by atoms with Crippen LogP contribution in [0.25, 0.3) is 0 Å². The van der Waals surface area contributed by atoms with Crippen LogP contribution in [0.5, 0.6) is 0 Å². The monoisotopic (exact) mass is 304 g/mol. The van der Waals surface area contributed by atoms with Crippen LogP contribution in [0.3, 0.4) is 0 Å². The van der Waals surface area contributed by atoms with Gasteiger partial charge in [0.05, 0.1) is 0 Å². The van der Waals surface area contributed by atoms with Gasteiger partial charge in [-0.3, -0.25) is 19.3 Å². The Morgan fingerprint density at radius 2 is 1.64 bits per heavy atom. The van der Waals surface area contributed by atoms with Crippen LogP contribution < -0.4 is 5.32 Å². The van der Waals surface area contributed by atoms with Gasteiger partial charge in [0.2, 0.25) is 17.7 Å². The van der Waals surface area contributed by atoms with Gasteiger partial charge in [-0.15, -0.1) is 0 Å². The highest BCUT2D eigenvalue weighted by molar-refractivity contribution is 6.02. The van der Waals surface area contributed by atoms with Gasteiger partial charge < -0.3 is 5.32 Å². The van der Waals surface area contributed by atoms with Crippen molar-refractivity contribution in [2.45, 2.75) is 70.4 Å². The second-order valence-corrected chi connectivity index (χ2v) is 6.83. The summed E-state index contributed by atoms with van der Waals surface area (Å²) in [5, 5.41) is 3.06. The van der Waals surface area contributed by atoms with Crippen molar-refractivity contribution >= 4 is 17.7 Å². The number of rotatable bonds is 4. The molecule has 0 bridgehead atoms. The van der Waals surface area contributed by atoms with E-state index in [1.54, 1.807) is 6.08 Å². The van der Waals surface area contributed by atoms with Crippen molar-refractivity contribution in [2.75, 3.05) is 0 Å². The number of imide groups is 1. The third-order valence-corrected chi connectivity index (χ3v) is 5.08. The Labute approximate surface area is 131 Å². The molecule has 0 spiro atoms. The predicted molar refractivity (Wildman–Crippen MR) is 81.8 cm³/mol. The van der Waals surface area contributed by atoms with Crippen LogP contribution in [-0.2, 0) is 14.4 Å². The van der Waals surface area contributed by atoms with E-state index in [4.69, 9.17) is 0 Å². The Hall–Kier alpha value is -1.65. The highest BCUT2D eigenvalue weighted by Crippen LogP contribution is 2.35. The van der Waals surface area contributed by atoms with Gasteiger partial charge in [-0.1, -0.05) is 5.57 Å². The van der Waals surface area contributed by atoms with Crippen molar-refractivity contribution in [3.63, 3.8) is 0 Å². The fourth-order valence-corrected chi connectivity index (χ4v) is 3.59. The molecule has 1 saturated heterocycles. The number of allylic oxidation sites excluding steroid dienone is 1. The largest absolute Gasteiger partial charge is 0.350 e. The van der Waals surface area contributed by atoms with Gasteiger partial charge in [0.15, 0.2) is 0 Å². The number of carbonyl (C=O) groups is 3. The van der Waals surface area contributed by atoms with E-state index in [1.165, 1.54) is 23.3 Å². The summed E-state index contributed by atoms with van der Waals surface area (Å²) in [5.41, 5.74) is 1.18. The number of likely N-dealkylation sites (tertiary alicyclic amines) is 1. The summed E-state index contributed by atoms with van der Waals surface area (Å²) in [6.07, 6.45) is 8.14. The average Bonchev–Trinajstić information content (AvgIpc) is 3.27. The van der Waals surface area contributed by atoms with Gasteiger partial charge in [0.1, 0.15) is 0 Å². The summed E-state index contributed by atoms with van der Waals surface area (Å²) in [4.78, 5) is 37.0. The highest BCUT2D eigenvalue weighted by Gasteiger charge is 2.37. The molecule has 2 saturated carbocycles. The molecule has 1 N–H and O–H groups in total. The minimum atomic E-state index is -0.0273. The maximum absolute atomic E-state index is 12.0. The molecule has 0 aromatic heterocycles.